The van der Waals surface area contributed by atoms with E-state index in [-0.39, 0.29) is 0 Å². The van der Waals surface area contributed by atoms with Crippen molar-refractivity contribution in [2.24, 2.45) is 0 Å². The van der Waals surface area contributed by atoms with Gasteiger partial charge in [0.05, 0.1) is 6.61 Å². The molecule has 1 aromatic carbocycles. The fourth-order valence-electron chi connectivity index (χ4n) is 3.54. The summed E-state index contributed by atoms with van der Waals surface area (Å²) < 4.78 is 5.48. The Morgan fingerprint density at radius 2 is 1.78 bits per heavy atom. The lowest BCUT2D eigenvalue weighted by molar-refractivity contribution is 0.164. The van der Waals surface area contributed by atoms with Gasteiger partial charge in [-0.05, 0) is 57.0 Å². The van der Waals surface area contributed by atoms with Crippen LogP contribution in [0.25, 0.3) is 0 Å². The van der Waals surface area contributed by atoms with Crippen molar-refractivity contribution in [2.45, 2.75) is 58.4 Å². The van der Waals surface area contributed by atoms with E-state index in [1.807, 2.05) is 6.92 Å². The molecule has 3 heteroatoms. The summed E-state index contributed by atoms with van der Waals surface area (Å²) in [5.41, 5.74) is 1.38. The lowest BCUT2D eigenvalue weighted by Crippen LogP contribution is -2.41. The Morgan fingerprint density at radius 1 is 1.04 bits per heavy atom. The van der Waals surface area contributed by atoms with Crippen LogP contribution in [-0.2, 0) is 6.42 Å². The molecular weight excluding hydrogens is 284 g/mol. The van der Waals surface area contributed by atoms with E-state index in [1.165, 1.54) is 50.8 Å². The minimum Gasteiger partial charge on any atom is -0.494 e. The molecule has 1 aliphatic carbocycles. The molecule has 0 aromatic heterocycles. The maximum atomic E-state index is 5.48. The third-order valence-corrected chi connectivity index (χ3v) is 4.90. The molecule has 3 nitrogen and oxygen atoms in total. The van der Waals surface area contributed by atoms with Gasteiger partial charge >= 0.3 is 0 Å². The maximum absolute atomic E-state index is 5.48. The molecule has 0 heterocycles. The van der Waals surface area contributed by atoms with Crippen molar-refractivity contribution in [3.05, 3.63) is 29.8 Å². The van der Waals surface area contributed by atoms with Gasteiger partial charge in [0.25, 0.3) is 0 Å². The fraction of sp³-hybridized carbons (Fsp3) is 0.700. The molecule has 1 aromatic rings. The smallest absolute Gasteiger partial charge is 0.119 e. The number of likely N-dealkylation sites (N-methyl/N-ethyl adjacent to an activating group) is 1. The average molecular weight is 319 g/mol. The first-order valence-electron chi connectivity index (χ1n) is 9.50. The van der Waals surface area contributed by atoms with Crippen LogP contribution in [0.15, 0.2) is 24.3 Å². The highest BCUT2D eigenvalue weighted by atomic mass is 16.5. The summed E-state index contributed by atoms with van der Waals surface area (Å²) in [4.78, 5) is 2.67. The summed E-state index contributed by atoms with van der Waals surface area (Å²) in [6, 6.07) is 9.32. The van der Waals surface area contributed by atoms with Crippen LogP contribution in [0.3, 0.4) is 0 Å². The molecule has 0 bridgehead atoms. The van der Waals surface area contributed by atoms with E-state index in [4.69, 9.17) is 4.74 Å². The van der Waals surface area contributed by atoms with Gasteiger partial charge in [0.2, 0.25) is 0 Å². The van der Waals surface area contributed by atoms with Crippen LogP contribution in [-0.4, -0.2) is 43.7 Å². The van der Waals surface area contributed by atoms with Crippen LogP contribution in [0.4, 0.5) is 0 Å². The highest BCUT2D eigenvalue weighted by molar-refractivity contribution is 5.27. The third-order valence-electron chi connectivity index (χ3n) is 4.90. The average Bonchev–Trinajstić information content (AvgIpc) is 2.60. The summed E-state index contributed by atoms with van der Waals surface area (Å²) in [7, 11) is 0. The second-order valence-electron chi connectivity index (χ2n) is 6.50. The van der Waals surface area contributed by atoms with E-state index < -0.39 is 0 Å². The Morgan fingerprint density at radius 3 is 2.43 bits per heavy atom. The van der Waals surface area contributed by atoms with Gasteiger partial charge in [-0.1, -0.05) is 38.3 Å². The second-order valence-corrected chi connectivity index (χ2v) is 6.50. The molecule has 2 rings (SSSR count). The number of nitrogens with zero attached hydrogens (tertiary/aromatic N) is 1. The molecule has 130 valence electrons. The summed E-state index contributed by atoms with van der Waals surface area (Å²) in [5.74, 6) is 0.968. The first-order valence-corrected chi connectivity index (χ1v) is 9.50. The maximum Gasteiger partial charge on any atom is 0.119 e. The van der Waals surface area contributed by atoms with E-state index in [2.05, 4.69) is 41.4 Å². The van der Waals surface area contributed by atoms with Crippen LogP contribution < -0.4 is 10.1 Å². The molecule has 0 spiro atoms. The zero-order chi connectivity index (χ0) is 16.3. The molecule has 1 fully saturated rings. The largest absolute Gasteiger partial charge is 0.494 e. The fourth-order valence-corrected chi connectivity index (χ4v) is 3.54. The zero-order valence-corrected chi connectivity index (χ0v) is 15.0. The Bertz CT molecular complexity index is 412. The normalized spacial score (nSPS) is 16.0. The summed E-state index contributed by atoms with van der Waals surface area (Å²) in [5, 5.41) is 3.60. The second kappa shape index (κ2) is 10.7. The van der Waals surface area contributed by atoms with Crippen molar-refractivity contribution in [2.75, 3.05) is 32.8 Å². The molecule has 0 amide bonds. The van der Waals surface area contributed by atoms with E-state index in [0.717, 1.165) is 37.9 Å². The predicted octanol–water partition coefficient (Wildman–Crippen LogP) is 3.87. The number of nitrogens with one attached hydrogen (secondary N) is 1. The SMILES string of the molecule is CCOc1ccc(CCNCCN(CC)C2CCCCC2)cc1. The van der Waals surface area contributed by atoms with Gasteiger partial charge in [0.15, 0.2) is 0 Å². The van der Waals surface area contributed by atoms with Gasteiger partial charge in [-0.25, -0.2) is 0 Å². The molecule has 0 atom stereocenters. The summed E-state index contributed by atoms with van der Waals surface area (Å²) in [6.45, 7) is 9.57. The van der Waals surface area contributed by atoms with E-state index in [9.17, 15) is 0 Å². The first-order chi connectivity index (χ1) is 11.3. The number of benzene rings is 1. The van der Waals surface area contributed by atoms with Gasteiger partial charge in [-0.15, -0.1) is 0 Å². The molecule has 23 heavy (non-hydrogen) atoms. The van der Waals surface area contributed by atoms with Crippen LogP contribution in [0.2, 0.25) is 0 Å². The zero-order valence-electron chi connectivity index (χ0n) is 15.0. The molecule has 0 aliphatic heterocycles. The van der Waals surface area contributed by atoms with Crippen molar-refractivity contribution in [3.8, 4) is 5.75 Å². The minimum absolute atomic E-state index is 0.732. The summed E-state index contributed by atoms with van der Waals surface area (Å²) in [6.07, 6.45) is 8.18. The standard InChI is InChI=1S/C20H34N2O/c1-3-22(19-8-6-5-7-9-19)17-16-21-15-14-18-10-12-20(13-11-18)23-4-2/h10-13,19,21H,3-9,14-17H2,1-2H3. The van der Waals surface area contributed by atoms with Crippen molar-refractivity contribution in [1.29, 1.82) is 0 Å². The van der Waals surface area contributed by atoms with Crippen LogP contribution in [0, 0.1) is 0 Å². The summed E-state index contributed by atoms with van der Waals surface area (Å²) >= 11 is 0. The quantitative estimate of drug-likeness (QED) is 0.663. The Labute approximate surface area is 142 Å². The van der Waals surface area contributed by atoms with Gasteiger partial charge in [0, 0.05) is 19.1 Å². The molecule has 1 saturated carbocycles. The van der Waals surface area contributed by atoms with E-state index >= 15 is 0 Å². The molecule has 1 aliphatic rings. The highest BCUT2D eigenvalue weighted by Crippen LogP contribution is 2.22. The van der Waals surface area contributed by atoms with Crippen molar-refractivity contribution in [3.63, 3.8) is 0 Å². The van der Waals surface area contributed by atoms with Gasteiger partial charge in [-0.2, -0.15) is 0 Å². The van der Waals surface area contributed by atoms with Crippen LogP contribution in [0.1, 0.15) is 51.5 Å². The van der Waals surface area contributed by atoms with E-state index in [0.29, 0.717) is 0 Å². The van der Waals surface area contributed by atoms with Crippen LogP contribution in [0.5, 0.6) is 5.75 Å². The third kappa shape index (κ3) is 6.52. The Hall–Kier alpha value is -1.06. The molecular formula is C20H34N2O. The van der Waals surface area contributed by atoms with Crippen LogP contribution >= 0.6 is 0 Å². The van der Waals surface area contributed by atoms with Crippen molar-refractivity contribution < 1.29 is 4.74 Å². The molecule has 0 radical (unpaired) electrons. The van der Waals surface area contributed by atoms with E-state index in [1.54, 1.807) is 0 Å². The predicted molar refractivity (Wildman–Crippen MR) is 98.3 cm³/mol. The van der Waals surface area contributed by atoms with Gasteiger partial charge in [-0.3, -0.25) is 4.90 Å². The lowest BCUT2D eigenvalue weighted by Gasteiger charge is -2.33. The van der Waals surface area contributed by atoms with Gasteiger partial charge < -0.3 is 10.1 Å². The Kier molecular flexibility index (Phi) is 8.48. The number of hydrogen-bond acceptors (Lipinski definition) is 3. The first kappa shape index (κ1) is 18.3. The lowest BCUT2D eigenvalue weighted by atomic mass is 9.94. The highest BCUT2D eigenvalue weighted by Gasteiger charge is 2.18. The topological polar surface area (TPSA) is 24.5 Å². The minimum atomic E-state index is 0.732. The molecule has 0 saturated heterocycles. The number of rotatable bonds is 10. The van der Waals surface area contributed by atoms with Crippen molar-refractivity contribution >= 4 is 0 Å². The number of ether oxygens (including phenoxy) is 1. The van der Waals surface area contributed by atoms with Crippen molar-refractivity contribution in [1.82, 2.24) is 10.2 Å². The Balaban J connectivity index is 1.60. The monoisotopic (exact) mass is 318 g/mol. The molecule has 1 N–H and O–H groups in total. The molecule has 0 unspecified atom stereocenters. The van der Waals surface area contributed by atoms with Gasteiger partial charge in [0.1, 0.15) is 5.75 Å². The number of hydrogen-bond donors (Lipinski definition) is 1.